The van der Waals surface area contributed by atoms with Crippen LogP contribution < -0.4 is 5.56 Å². The Morgan fingerprint density at radius 2 is 2.18 bits per heavy atom. The first-order valence-corrected chi connectivity index (χ1v) is 4.53. The number of aromatic nitrogens is 3. The Balaban J connectivity index is 2.58. The van der Waals surface area contributed by atoms with Crippen LogP contribution in [-0.4, -0.2) is 25.8 Å². The number of aromatic carboxylic acids is 1. The summed E-state index contributed by atoms with van der Waals surface area (Å²) in [6, 6.07) is 5.32. The van der Waals surface area contributed by atoms with Gasteiger partial charge >= 0.3 is 11.5 Å². The van der Waals surface area contributed by atoms with Gasteiger partial charge in [-0.1, -0.05) is 6.07 Å². The molecule has 0 aliphatic heterocycles. The van der Waals surface area contributed by atoms with Gasteiger partial charge in [-0.15, -0.1) is 0 Å². The highest BCUT2D eigenvalue weighted by molar-refractivity contribution is 5.84. The van der Waals surface area contributed by atoms with E-state index in [9.17, 15) is 14.0 Å². The maximum Gasteiger partial charge on any atom is 0.362 e. The second-order valence-electron chi connectivity index (χ2n) is 3.13. The lowest BCUT2D eigenvalue weighted by Crippen LogP contribution is -2.23. The number of carboxylic acid groups (broad SMARTS) is 1. The summed E-state index contributed by atoms with van der Waals surface area (Å²) in [6.45, 7) is 0. The van der Waals surface area contributed by atoms with E-state index >= 15 is 0 Å². The minimum atomic E-state index is -1.48. The van der Waals surface area contributed by atoms with Gasteiger partial charge in [0.2, 0.25) is 5.69 Å². The maximum atomic E-state index is 13.0. The zero-order chi connectivity index (χ0) is 12.4. The van der Waals surface area contributed by atoms with Gasteiger partial charge in [0, 0.05) is 0 Å². The Morgan fingerprint density at radius 1 is 1.41 bits per heavy atom. The van der Waals surface area contributed by atoms with Crippen LogP contribution in [0.2, 0.25) is 0 Å². The van der Waals surface area contributed by atoms with E-state index < -0.39 is 23.0 Å². The van der Waals surface area contributed by atoms with Gasteiger partial charge < -0.3 is 5.11 Å². The molecule has 6 nitrogen and oxygen atoms in total. The number of halogens is 1. The molecule has 1 N–H and O–H groups in total. The summed E-state index contributed by atoms with van der Waals surface area (Å²) in [5, 5.41) is 12.3. The maximum absolute atomic E-state index is 13.0. The molecule has 0 amide bonds. The lowest BCUT2D eigenvalue weighted by molar-refractivity contribution is 0.0686. The van der Waals surface area contributed by atoms with Gasteiger partial charge in [-0.05, 0) is 18.2 Å². The van der Waals surface area contributed by atoms with Crippen molar-refractivity contribution in [2.45, 2.75) is 0 Å². The predicted molar refractivity (Wildman–Crippen MR) is 54.5 cm³/mol. The molecule has 1 aromatic heterocycles. The fourth-order valence-corrected chi connectivity index (χ4v) is 1.22. The molecule has 86 valence electrons. The third kappa shape index (κ3) is 2.17. The molecule has 0 fully saturated rings. The highest BCUT2D eigenvalue weighted by Crippen LogP contribution is 2.06. The normalized spacial score (nSPS) is 10.2. The van der Waals surface area contributed by atoms with Crippen LogP contribution >= 0.6 is 0 Å². The van der Waals surface area contributed by atoms with E-state index in [1.807, 2.05) is 0 Å². The topological polar surface area (TPSA) is 85.1 Å². The van der Waals surface area contributed by atoms with Crippen LogP contribution in [0.15, 0.2) is 35.4 Å². The van der Waals surface area contributed by atoms with Crippen molar-refractivity contribution in [2.75, 3.05) is 0 Å². The number of hydrogen-bond acceptors (Lipinski definition) is 4. The van der Waals surface area contributed by atoms with Gasteiger partial charge in [-0.3, -0.25) is 4.79 Å². The summed E-state index contributed by atoms with van der Waals surface area (Å²) in [5.41, 5.74) is -1.37. The van der Waals surface area contributed by atoms with Crippen LogP contribution in [0, 0.1) is 5.82 Å². The number of carboxylic acids is 1. The molecule has 0 atom stereocenters. The van der Waals surface area contributed by atoms with E-state index in [0.717, 1.165) is 17.1 Å². The number of nitrogens with zero attached hydrogens (tertiary/aromatic N) is 3. The standard InChI is InChI=1S/C10H6FN3O3/c11-6-2-1-3-7(4-6)14-5-12-9(15)8(13-14)10(16)17/h1-5H,(H,16,17). The molecule has 1 aromatic carbocycles. The molecule has 1 heterocycles. The van der Waals surface area contributed by atoms with Crippen molar-refractivity contribution in [1.82, 2.24) is 14.8 Å². The fraction of sp³-hybridized carbons (Fsp3) is 0. The molecule has 0 saturated carbocycles. The highest BCUT2D eigenvalue weighted by atomic mass is 19.1. The first-order valence-electron chi connectivity index (χ1n) is 4.53. The SMILES string of the molecule is O=C(O)c1nn(-c2cccc(F)c2)cnc1=O. The Labute approximate surface area is 94.0 Å². The van der Waals surface area contributed by atoms with Gasteiger partial charge in [0.25, 0.3) is 0 Å². The largest absolute Gasteiger partial charge is 0.476 e. The number of benzene rings is 1. The monoisotopic (exact) mass is 235 g/mol. The van der Waals surface area contributed by atoms with Crippen molar-refractivity contribution >= 4 is 5.97 Å². The van der Waals surface area contributed by atoms with Crippen molar-refractivity contribution in [3.63, 3.8) is 0 Å². The second kappa shape index (κ2) is 4.12. The molecular weight excluding hydrogens is 229 g/mol. The zero-order valence-corrected chi connectivity index (χ0v) is 8.37. The quantitative estimate of drug-likeness (QED) is 0.817. The molecular formula is C10H6FN3O3. The van der Waals surface area contributed by atoms with Crippen molar-refractivity contribution in [1.29, 1.82) is 0 Å². The summed E-state index contributed by atoms with van der Waals surface area (Å²) in [7, 11) is 0. The lowest BCUT2D eigenvalue weighted by atomic mass is 10.3. The summed E-state index contributed by atoms with van der Waals surface area (Å²) in [6.07, 6.45) is 1.03. The van der Waals surface area contributed by atoms with E-state index in [2.05, 4.69) is 10.1 Å². The summed E-state index contributed by atoms with van der Waals surface area (Å²) < 4.78 is 14.0. The first-order chi connectivity index (χ1) is 8.08. The van der Waals surface area contributed by atoms with Gasteiger partial charge in [0.15, 0.2) is 0 Å². The van der Waals surface area contributed by atoms with Crippen molar-refractivity contribution < 1.29 is 14.3 Å². The van der Waals surface area contributed by atoms with Crippen LogP contribution in [-0.2, 0) is 0 Å². The Bertz CT molecular complexity index is 639. The molecule has 0 bridgehead atoms. The first kappa shape index (κ1) is 10.9. The molecule has 2 rings (SSSR count). The Hall–Kier alpha value is -2.57. The van der Waals surface area contributed by atoms with E-state index in [0.29, 0.717) is 0 Å². The Kier molecular flexibility index (Phi) is 2.65. The molecule has 0 radical (unpaired) electrons. The number of hydrogen-bond donors (Lipinski definition) is 1. The van der Waals surface area contributed by atoms with Gasteiger partial charge in [0.1, 0.15) is 12.1 Å². The zero-order valence-electron chi connectivity index (χ0n) is 8.37. The van der Waals surface area contributed by atoms with E-state index in [1.165, 1.54) is 18.2 Å². The van der Waals surface area contributed by atoms with Crippen LogP contribution in [0.1, 0.15) is 10.5 Å². The lowest BCUT2D eigenvalue weighted by Gasteiger charge is -2.04. The van der Waals surface area contributed by atoms with Crippen LogP contribution in [0.3, 0.4) is 0 Å². The van der Waals surface area contributed by atoms with E-state index in [4.69, 9.17) is 5.11 Å². The van der Waals surface area contributed by atoms with Gasteiger partial charge in [0.05, 0.1) is 5.69 Å². The smallest absolute Gasteiger partial charge is 0.362 e. The molecule has 0 aliphatic rings. The second-order valence-corrected chi connectivity index (χ2v) is 3.13. The summed E-state index contributed by atoms with van der Waals surface area (Å²) in [5.74, 6) is -1.98. The molecule has 0 aliphatic carbocycles. The minimum absolute atomic E-state index is 0.278. The van der Waals surface area contributed by atoms with E-state index in [1.54, 1.807) is 0 Å². The Morgan fingerprint density at radius 3 is 2.82 bits per heavy atom. The molecule has 7 heteroatoms. The number of rotatable bonds is 2. The molecule has 2 aromatic rings. The molecule has 0 saturated heterocycles. The third-order valence-electron chi connectivity index (χ3n) is 1.97. The van der Waals surface area contributed by atoms with Gasteiger partial charge in [-0.2, -0.15) is 10.1 Å². The molecule has 0 unspecified atom stereocenters. The molecule has 17 heavy (non-hydrogen) atoms. The fourth-order valence-electron chi connectivity index (χ4n) is 1.22. The van der Waals surface area contributed by atoms with Crippen LogP contribution in [0.5, 0.6) is 0 Å². The minimum Gasteiger partial charge on any atom is -0.476 e. The van der Waals surface area contributed by atoms with E-state index in [-0.39, 0.29) is 5.69 Å². The van der Waals surface area contributed by atoms with Crippen LogP contribution in [0.25, 0.3) is 5.69 Å². The van der Waals surface area contributed by atoms with Crippen LogP contribution in [0.4, 0.5) is 4.39 Å². The predicted octanol–water partition coefficient (Wildman–Crippen LogP) is 0.465. The van der Waals surface area contributed by atoms with Crippen molar-refractivity contribution in [3.8, 4) is 5.69 Å². The molecule has 0 spiro atoms. The average Bonchev–Trinajstić information content (AvgIpc) is 2.29. The van der Waals surface area contributed by atoms with Crippen molar-refractivity contribution in [3.05, 3.63) is 52.5 Å². The highest BCUT2D eigenvalue weighted by Gasteiger charge is 2.12. The van der Waals surface area contributed by atoms with Crippen molar-refractivity contribution in [2.24, 2.45) is 0 Å². The average molecular weight is 235 g/mol. The summed E-state index contributed by atoms with van der Waals surface area (Å²) >= 11 is 0. The summed E-state index contributed by atoms with van der Waals surface area (Å²) in [4.78, 5) is 25.1. The van der Waals surface area contributed by atoms with Gasteiger partial charge in [-0.25, -0.2) is 13.9 Å². The number of carbonyl (C=O) groups is 1. The third-order valence-corrected chi connectivity index (χ3v) is 1.97.